The van der Waals surface area contributed by atoms with Gasteiger partial charge in [0, 0.05) is 49.9 Å². The average Bonchev–Trinajstić information content (AvgIpc) is 2.82. The summed E-state index contributed by atoms with van der Waals surface area (Å²) in [7, 11) is -3.84. The predicted octanol–water partition coefficient (Wildman–Crippen LogP) is 2.96. The number of morpholine rings is 1. The summed E-state index contributed by atoms with van der Waals surface area (Å²) >= 11 is 1.95. The molecule has 10 heteroatoms. The Balaban J connectivity index is 1.53. The van der Waals surface area contributed by atoms with Crippen molar-refractivity contribution in [1.82, 2.24) is 9.21 Å². The summed E-state index contributed by atoms with van der Waals surface area (Å²) in [4.78, 5) is 15.2. The van der Waals surface area contributed by atoms with Crippen molar-refractivity contribution >= 4 is 33.4 Å². The number of nitrogens with zero attached hydrogens (tertiary/aromatic N) is 2. The summed E-state index contributed by atoms with van der Waals surface area (Å²) in [5, 5.41) is 2.77. The number of carbonyl (C=O) groups is 1. The minimum atomic E-state index is -3.84. The van der Waals surface area contributed by atoms with Crippen LogP contribution in [0.3, 0.4) is 0 Å². The molecule has 2 saturated heterocycles. The van der Waals surface area contributed by atoms with Gasteiger partial charge in [0.05, 0.1) is 23.7 Å². The first-order valence-electron chi connectivity index (χ1n) is 10.9. The quantitative estimate of drug-likeness (QED) is 0.667. The van der Waals surface area contributed by atoms with Gasteiger partial charge in [-0.3, -0.25) is 9.69 Å². The third-order valence-electron chi connectivity index (χ3n) is 5.85. The normalized spacial score (nSPS) is 18.2. The number of nitrogens with one attached hydrogen (secondary N) is 1. The maximum absolute atomic E-state index is 14.5. The number of rotatable bonds is 6. The van der Waals surface area contributed by atoms with Crippen molar-refractivity contribution < 1.29 is 22.3 Å². The van der Waals surface area contributed by atoms with Crippen LogP contribution in [0.2, 0.25) is 0 Å². The number of aryl methyl sites for hydroxylation is 1. The number of sulfonamides is 1. The zero-order valence-corrected chi connectivity index (χ0v) is 20.2. The van der Waals surface area contributed by atoms with Crippen LogP contribution in [0.1, 0.15) is 21.5 Å². The van der Waals surface area contributed by atoms with E-state index in [9.17, 15) is 17.6 Å². The van der Waals surface area contributed by atoms with Crippen LogP contribution >= 0.6 is 11.8 Å². The summed E-state index contributed by atoms with van der Waals surface area (Å²) in [5.74, 6) is 0.769. The Morgan fingerprint density at radius 2 is 1.82 bits per heavy atom. The zero-order chi connectivity index (χ0) is 23.4. The van der Waals surface area contributed by atoms with E-state index in [4.69, 9.17) is 4.74 Å². The Morgan fingerprint density at radius 3 is 2.55 bits per heavy atom. The molecule has 0 spiro atoms. The van der Waals surface area contributed by atoms with E-state index in [1.807, 2.05) is 36.9 Å². The molecule has 2 heterocycles. The van der Waals surface area contributed by atoms with E-state index in [2.05, 4.69) is 10.2 Å². The van der Waals surface area contributed by atoms with Gasteiger partial charge >= 0.3 is 0 Å². The first-order chi connectivity index (χ1) is 15.8. The highest BCUT2D eigenvalue weighted by atomic mass is 32.2. The van der Waals surface area contributed by atoms with Crippen LogP contribution in [0.25, 0.3) is 0 Å². The Labute approximate surface area is 198 Å². The number of carbonyl (C=O) groups excluding carboxylic acids is 1. The van der Waals surface area contributed by atoms with Gasteiger partial charge < -0.3 is 10.1 Å². The predicted molar refractivity (Wildman–Crippen MR) is 128 cm³/mol. The number of amides is 1. The van der Waals surface area contributed by atoms with Crippen molar-refractivity contribution in [3.63, 3.8) is 0 Å². The first-order valence-corrected chi connectivity index (χ1v) is 13.5. The van der Waals surface area contributed by atoms with E-state index in [0.29, 0.717) is 18.9 Å². The molecule has 1 amide bonds. The standard InChI is InChI=1S/C23H28FN3O4S2/c1-17-2-3-18(16-26-8-12-32-13-9-26)14-22(17)25-23(28)20-15-19(4-5-21(20)24)33(29,30)27-6-10-31-11-7-27/h2-5,14-15H,6-13,16H2,1H3,(H,25,28). The third kappa shape index (κ3) is 5.75. The van der Waals surface area contributed by atoms with E-state index in [-0.39, 0.29) is 23.5 Å². The Bertz CT molecular complexity index is 1110. The molecule has 7 nitrogen and oxygen atoms in total. The van der Waals surface area contributed by atoms with Crippen molar-refractivity contribution in [1.29, 1.82) is 0 Å². The van der Waals surface area contributed by atoms with E-state index < -0.39 is 21.7 Å². The van der Waals surface area contributed by atoms with Crippen molar-refractivity contribution in [2.24, 2.45) is 0 Å². The van der Waals surface area contributed by atoms with Crippen molar-refractivity contribution in [2.75, 3.05) is 56.2 Å². The lowest BCUT2D eigenvalue weighted by Crippen LogP contribution is -2.40. The topological polar surface area (TPSA) is 79.0 Å². The fourth-order valence-electron chi connectivity index (χ4n) is 3.88. The molecule has 0 bridgehead atoms. The molecule has 0 unspecified atom stereocenters. The fourth-order valence-corrected chi connectivity index (χ4v) is 6.30. The second-order valence-corrected chi connectivity index (χ2v) is 11.3. The number of hydrogen-bond acceptors (Lipinski definition) is 6. The molecule has 2 aromatic carbocycles. The van der Waals surface area contributed by atoms with Gasteiger partial charge in [0.25, 0.3) is 5.91 Å². The second kappa shape index (κ2) is 10.5. The second-order valence-electron chi connectivity index (χ2n) is 8.15. The number of ether oxygens (including phenoxy) is 1. The molecule has 0 aliphatic carbocycles. The lowest BCUT2D eigenvalue weighted by molar-refractivity contribution is 0.0730. The molecule has 2 aromatic rings. The summed E-state index contributed by atoms with van der Waals surface area (Å²) in [6.07, 6.45) is 0. The van der Waals surface area contributed by atoms with Crippen LogP contribution in [0, 0.1) is 12.7 Å². The van der Waals surface area contributed by atoms with Crippen LogP contribution in [-0.2, 0) is 21.3 Å². The van der Waals surface area contributed by atoms with Crippen LogP contribution in [0.5, 0.6) is 0 Å². The van der Waals surface area contributed by atoms with Crippen molar-refractivity contribution in [2.45, 2.75) is 18.4 Å². The maximum atomic E-state index is 14.5. The largest absolute Gasteiger partial charge is 0.379 e. The third-order valence-corrected chi connectivity index (χ3v) is 8.69. The molecule has 33 heavy (non-hydrogen) atoms. The van der Waals surface area contributed by atoms with Crippen molar-refractivity contribution in [3.8, 4) is 0 Å². The minimum Gasteiger partial charge on any atom is -0.379 e. The van der Waals surface area contributed by atoms with Gasteiger partial charge in [0.1, 0.15) is 5.82 Å². The summed E-state index contributed by atoms with van der Waals surface area (Å²) in [6.45, 7) is 5.76. The number of anilines is 1. The van der Waals surface area contributed by atoms with Gasteiger partial charge in [-0.1, -0.05) is 12.1 Å². The molecule has 0 radical (unpaired) electrons. The summed E-state index contributed by atoms with van der Waals surface area (Å²) in [6, 6.07) is 9.20. The van der Waals surface area contributed by atoms with Crippen LogP contribution in [0.4, 0.5) is 10.1 Å². The Hall–Kier alpha value is -1.98. The van der Waals surface area contributed by atoms with Gasteiger partial charge in [-0.25, -0.2) is 12.8 Å². The van der Waals surface area contributed by atoms with Crippen LogP contribution in [0.15, 0.2) is 41.3 Å². The molecular formula is C23H28FN3O4S2. The number of thioether (sulfide) groups is 1. The average molecular weight is 494 g/mol. The van der Waals surface area contributed by atoms with E-state index in [1.54, 1.807) is 0 Å². The van der Waals surface area contributed by atoms with Gasteiger partial charge in [-0.15, -0.1) is 0 Å². The molecule has 4 rings (SSSR count). The summed E-state index contributed by atoms with van der Waals surface area (Å²) < 4.78 is 46.9. The van der Waals surface area contributed by atoms with Gasteiger partial charge in [0.15, 0.2) is 0 Å². The van der Waals surface area contributed by atoms with Gasteiger partial charge in [-0.2, -0.15) is 16.1 Å². The number of halogens is 1. The van der Waals surface area contributed by atoms with Crippen molar-refractivity contribution in [3.05, 3.63) is 58.9 Å². The van der Waals surface area contributed by atoms with E-state index in [1.165, 1.54) is 10.4 Å². The minimum absolute atomic E-state index is 0.107. The van der Waals surface area contributed by atoms with Gasteiger partial charge in [0.2, 0.25) is 10.0 Å². The van der Waals surface area contributed by atoms with E-state index in [0.717, 1.165) is 54.4 Å². The maximum Gasteiger partial charge on any atom is 0.258 e. The zero-order valence-electron chi connectivity index (χ0n) is 18.5. The molecule has 2 aliphatic rings. The number of benzene rings is 2. The number of hydrogen-bond donors (Lipinski definition) is 1. The van der Waals surface area contributed by atoms with Crippen LogP contribution in [-0.4, -0.2) is 74.4 Å². The SMILES string of the molecule is Cc1ccc(CN2CCSCC2)cc1NC(=O)c1cc(S(=O)(=O)N2CCOCC2)ccc1F. The molecule has 178 valence electrons. The van der Waals surface area contributed by atoms with Crippen LogP contribution < -0.4 is 5.32 Å². The molecule has 0 atom stereocenters. The highest BCUT2D eigenvalue weighted by Gasteiger charge is 2.28. The molecule has 1 N–H and O–H groups in total. The highest BCUT2D eigenvalue weighted by Crippen LogP contribution is 2.24. The first kappa shape index (κ1) is 24.2. The fraction of sp³-hybridized carbons (Fsp3) is 0.435. The molecule has 2 aliphatic heterocycles. The lowest BCUT2D eigenvalue weighted by atomic mass is 10.1. The van der Waals surface area contributed by atoms with E-state index >= 15 is 0 Å². The lowest BCUT2D eigenvalue weighted by Gasteiger charge is -2.26. The smallest absolute Gasteiger partial charge is 0.258 e. The molecular weight excluding hydrogens is 465 g/mol. The molecule has 0 aromatic heterocycles. The molecule has 0 saturated carbocycles. The van der Waals surface area contributed by atoms with Gasteiger partial charge in [-0.05, 0) is 42.3 Å². The highest BCUT2D eigenvalue weighted by molar-refractivity contribution is 7.99. The monoisotopic (exact) mass is 493 g/mol. The summed E-state index contributed by atoms with van der Waals surface area (Å²) in [5.41, 5.74) is 2.19. The Morgan fingerprint density at radius 1 is 1.09 bits per heavy atom. The molecule has 2 fully saturated rings. The Kier molecular flexibility index (Phi) is 7.70.